The normalized spacial score (nSPS) is 10.2. The van der Waals surface area contributed by atoms with Gasteiger partial charge in [-0.25, -0.2) is 4.98 Å². The molecular weight excluding hydrogens is 224 g/mol. The zero-order valence-corrected chi connectivity index (χ0v) is 10.3. The fourth-order valence-corrected chi connectivity index (χ4v) is 1.48. The molecule has 1 aromatic rings. The summed E-state index contributed by atoms with van der Waals surface area (Å²) in [6.45, 7) is 1.79. The number of nitriles is 1. The van der Waals surface area contributed by atoms with Crippen LogP contribution >= 0.6 is 11.6 Å². The van der Waals surface area contributed by atoms with Gasteiger partial charge >= 0.3 is 0 Å². The van der Waals surface area contributed by atoms with E-state index < -0.39 is 0 Å². The number of nitrogens with zero attached hydrogens (tertiary/aromatic N) is 3. The first-order valence-electron chi connectivity index (χ1n) is 5.08. The SMILES string of the molecule is CN(C)CCCNc1nccc(C#N)c1Cl. The predicted molar refractivity (Wildman–Crippen MR) is 65.6 cm³/mol. The highest BCUT2D eigenvalue weighted by Gasteiger charge is 2.05. The molecule has 0 amide bonds. The third kappa shape index (κ3) is 3.69. The van der Waals surface area contributed by atoms with Crippen molar-refractivity contribution in [1.29, 1.82) is 5.26 Å². The molecule has 0 spiro atoms. The molecular formula is C11H15ClN4. The Balaban J connectivity index is 2.52. The lowest BCUT2D eigenvalue weighted by Crippen LogP contribution is -2.16. The smallest absolute Gasteiger partial charge is 0.146 e. The van der Waals surface area contributed by atoms with Gasteiger partial charge in [0.15, 0.2) is 0 Å². The summed E-state index contributed by atoms with van der Waals surface area (Å²) in [6.07, 6.45) is 2.58. The summed E-state index contributed by atoms with van der Waals surface area (Å²) in [6, 6.07) is 3.63. The molecule has 1 heterocycles. The van der Waals surface area contributed by atoms with Crippen LogP contribution in [0.2, 0.25) is 5.02 Å². The molecule has 1 aromatic heterocycles. The van der Waals surface area contributed by atoms with E-state index >= 15 is 0 Å². The topological polar surface area (TPSA) is 52.0 Å². The number of aromatic nitrogens is 1. The average molecular weight is 239 g/mol. The molecule has 0 atom stereocenters. The van der Waals surface area contributed by atoms with Gasteiger partial charge in [0.1, 0.15) is 16.9 Å². The van der Waals surface area contributed by atoms with Crippen LogP contribution in [0, 0.1) is 11.3 Å². The number of halogens is 1. The lowest BCUT2D eigenvalue weighted by molar-refractivity contribution is 0.405. The van der Waals surface area contributed by atoms with Gasteiger partial charge in [-0.15, -0.1) is 0 Å². The number of hydrogen-bond acceptors (Lipinski definition) is 4. The molecule has 16 heavy (non-hydrogen) atoms. The first-order valence-corrected chi connectivity index (χ1v) is 5.46. The third-order valence-electron chi connectivity index (χ3n) is 2.08. The molecule has 0 aromatic carbocycles. The Hall–Kier alpha value is -1.31. The summed E-state index contributed by atoms with van der Waals surface area (Å²) in [7, 11) is 4.06. The van der Waals surface area contributed by atoms with Crippen molar-refractivity contribution in [2.24, 2.45) is 0 Å². The zero-order chi connectivity index (χ0) is 12.0. The maximum absolute atomic E-state index is 8.79. The number of pyridine rings is 1. The molecule has 5 heteroatoms. The number of anilines is 1. The second kappa shape index (κ2) is 6.31. The minimum absolute atomic E-state index is 0.398. The van der Waals surface area contributed by atoms with Gasteiger partial charge in [0.2, 0.25) is 0 Å². The summed E-state index contributed by atoms with van der Waals surface area (Å²) in [5, 5.41) is 12.3. The van der Waals surface area contributed by atoms with Crippen molar-refractivity contribution in [2.75, 3.05) is 32.5 Å². The summed E-state index contributed by atoms with van der Waals surface area (Å²) in [5.74, 6) is 0.583. The summed E-state index contributed by atoms with van der Waals surface area (Å²) in [4.78, 5) is 6.21. The first-order chi connectivity index (χ1) is 7.65. The molecule has 86 valence electrons. The van der Waals surface area contributed by atoms with Crippen molar-refractivity contribution < 1.29 is 0 Å². The highest BCUT2D eigenvalue weighted by molar-refractivity contribution is 6.34. The molecule has 4 nitrogen and oxygen atoms in total. The minimum atomic E-state index is 0.398. The van der Waals surface area contributed by atoms with Gasteiger partial charge in [-0.1, -0.05) is 11.6 Å². The van der Waals surface area contributed by atoms with Crippen LogP contribution in [-0.4, -0.2) is 37.1 Å². The molecule has 0 saturated carbocycles. The molecule has 0 aliphatic rings. The highest BCUT2D eigenvalue weighted by Crippen LogP contribution is 2.22. The van der Waals surface area contributed by atoms with Gasteiger partial charge in [0.25, 0.3) is 0 Å². The summed E-state index contributed by atoms with van der Waals surface area (Å²) >= 11 is 5.99. The minimum Gasteiger partial charge on any atom is -0.369 e. The zero-order valence-electron chi connectivity index (χ0n) is 9.50. The molecule has 0 unspecified atom stereocenters. The second-order valence-electron chi connectivity index (χ2n) is 3.72. The van der Waals surface area contributed by atoms with Crippen LogP contribution in [-0.2, 0) is 0 Å². The number of nitrogens with one attached hydrogen (secondary N) is 1. The lowest BCUT2D eigenvalue weighted by atomic mass is 10.3. The maximum atomic E-state index is 8.79. The van der Waals surface area contributed by atoms with Crippen LogP contribution in [0.1, 0.15) is 12.0 Å². The summed E-state index contributed by atoms with van der Waals surface area (Å²) < 4.78 is 0. The number of hydrogen-bond donors (Lipinski definition) is 1. The Morgan fingerprint density at radius 1 is 1.56 bits per heavy atom. The lowest BCUT2D eigenvalue weighted by Gasteiger charge is -2.11. The summed E-state index contributed by atoms with van der Waals surface area (Å²) in [5.41, 5.74) is 0.451. The van der Waals surface area contributed by atoms with Crippen LogP contribution in [0.4, 0.5) is 5.82 Å². The van der Waals surface area contributed by atoms with E-state index in [1.165, 1.54) is 0 Å². The average Bonchev–Trinajstić information content (AvgIpc) is 2.26. The standard InChI is InChI=1S/C11H15ClN4/c1-16(2)7-3-5-14-11-10(12)9(8-13)4-6-15-11/h4,6H,3,5,7H2,1-2H3,(H,14,15). The van der Waals surface area contributed by atoms with Crippen molar-refractivity contribution >= 4 is 17.4 Å². The fourth-order valence-electron chi connectivity index (χ4n) is 1.26. The van der Waals surface area contributed by atoms with Crippen LogP contribution in [0.5, 0.6) is 0 Å². The Labute approximate surface area is 101 Å². The van der Waals surface area contributed by atoms with Gasteiger partial charge in [-0.05, 0) is 33.1 Å². The highest BCUT2D eigenvalue weighted by atomic mass is 35.5. The Morgan fingerprint density at radius 3 is 2.94 bits per heavy atom. The third-order valence-corrected chi connectivity index (χ3v) is 2.47. The molecule has 0 radical (unpaired) electrons. The van der Waals surface area contributed by atoms with Gasteiger partial charge in [0, 0.05) is 12.7 Å². The predicted octanol–water partition coefficient (Wildman–Crippen LogP) is 1.97. The molecule has 1 rings (SSSR count). The first kappa shape index (κ1) is 12.8. The van der Waals surface area contributed by atoms with E-state index in [2.05, 4.69) is 15.2 Å². The van der Waals surface area contributed by atoms with Crippen LogP contribution in [0.15, 0.2) is 12.3 Å². The van der Waals surface area contributed by atoms with Crippen molar-refractivity contribution in [3.63, 3.8) is 0 Å². The fraction of sp³-hybridized carbons (Fsp3) is 0.455. The van der Waals surface area contributed by atoms with Crippen LogP contribution in [0.3, 0.4) is 0 Å². The van der Waals surface area contributed by atoms with Crippen molar-refractivity contribution in [1.82, 2.24) is 9.88 Å². The van der Waals surface area contributed by atoms with Crippen LogP contribution in [0.25, 0.3) is 0 Å². The van der Waals surface area contributed by atoms with Crippen molar-refractivity contribution in [2.45, 2.75) is 6.42 Å². The largest absolute Gasteiger partial charge is 0.369 e. The van der Waals surface area contributed by atoms with E-state index in [-0.39, 0.29) is 0 Å². The van der Waals surface area contributed by atoms with Gasteiger partial charge < -0.3 is 10.2 Å². The van der Waals surface area contributed by atoms with Crippen LogP contribution < -0.4 is 5.32 Å². The van der Waals surface area contributed by atoms with E-state index in [1.54, 1.807) is 12.3 Å². The number of rotatable bonds is 5. The second-order valence-corrected chi connectivity index (χ2v) is 4.09. The molecule has 0 fully saturated rings. The van der Waals surface area contributed by atoms with E-state index in [1.807, 2.05) is 20.2 Å². The van der Waals surface area contributed by atoms with Crippen molar-refractivity contribution in [3.05, 3.63) is 22.8 Å². The Morgan fingerprint density at radius 2 is 2.31 bits per heavy atom. The molecule has 0 bridgehead atoms. The van der Waals surface area contributed by atoms with Gasteiger partial charge in [-0.3, -0.25) is 0 Å². The van der Waals surface area contributed by atoms with E-state index in [9.17, 15) is 0 Å². The molecule has 0 aliphatic carbocycles. The monoisotopic (exact) mass is 238 g/mol. The van der Waals surface area contributed by atoms with E-state index in [0.29, 0.717) is 16.4 Å². The van der Waals surface area contributed by atoms with Gasteiger partial charge in [-0.2, -0.15) is 5.26 Å². The maximum Gasteiger partial charge on any atom is 0.146 e. The quantitative estimate of drug-likeness (QED) is 0.797. The van der Waals surface area contributed by atoms with Crippen molar-refractivity contribution in [3.8, 4) is 6.07 Å². The Bertz CT molecular complexity index is 384. The molecule has 0 aliphatic heterocycles. The molecule has 0 saturated heterocycles. The molecule has 1 N–H and O–H groups in total. The van der Waals surface area contributed by atoms with Gasteiger partial charge in [0.05, 0.1) is 5.56 Å². The van der Waals surface area contributed by atoms with E-state index in [4.69, 9.17) is 16.9 Å². The van der Waals surface area contributed by atoms with E-state index in [0.717, 1.165) is 19.5 Å². The Kier molecular flexibility index (Phi) is 5.03.